The largest absolute Gasteiger partial charge is 0.366 e. The number of anilines is 1. The summed E-state index contributed by atoms with van der Waals surface area (Å²) in [5, 5.41) is 13.0. The van der Waals surface area contributed by atoms with Gasteiger partial charge in [0.2, 0.25) is 5.28 Å². The van der Waals surface area contributed by atoms with E-state index in [1.807, 2.05) is 19.1 Å². The maximum absolute atomic E-state index is 11.9. The fourth-order valence-corrected chi connectivity index (χ4v) is 1.84. The van der Waals surface area contributed by atoms with Crippen molar-refractivity contribution in [3.8, 4) is 0 Å². The zero-order chi connectivity index (χ0) is 15.2. The first-order valence-electron chi connectivity index (χ1n) is 6.20. The molecule has 0 aliphatic carbocycles. The molecular formula is C13H13Cl2N5O. The Hall–Kier alpha value is -1.92. The molecular weight excluding hydrogens is 313 g/mol. The van der Waals surface area contributed by atoms with E-state index in [4.69, 9.17) is 23.2 Å². The van der Waals surface area contributed by atoms with Gasteiger partial charge >= 0.3 is 0 Å². The Morgan fingerprint density at radius 2 is 1.86 bits per heavy atom. The van der Waals surface area contributed by atoms with E-state index in [1.165, 1.54) is 0 Å². The summed E-state index contributed by atoms with van der Waals surface area (Å²) in [4.78, 5) is 15.8. The summed E-state index contributed by atoms with van der Waals surface area (Å²) in [6, 6.07) is 7.34. The van der Waals surface area contributed by atoms with Crippen LogP contribution in [-0.2, 0) is 0 Å². The fraction of sp³-hybridized carbons (Fsp3) is 0.231. The van der Waals surface area contributed by atoms with Crippen LogP contribution in [0.4, 0.5) is 5.82 Å². The molecule has 2 N–H and O–H groups in total. The first-order chi connectivity index (χ1) is 10.1. The van der Waals surface area contributed by atoms with Crippen molar-refractivity contribution >= 4 is 34.9 Å². The second-order valence-corrected chi connectivity index (χ2v) is 4.97. The van der Waals surface area contributed by atoms with Gasteiger partial charge in [-0.1, -0.05) is 29.3 Å². The number of carbonyl (C=O) groups is 1. The number of carbonyl (C=O) groups excluding carboxylic acids is 1. The van der Waals surface area contributed by atoms with Gasteiger partial charge in [-0.25, -0.2) is 0 Å². The third-order valence-electron chi connectivity index (χ3n) is 2.64. The normalized spacial score (nSPS) is 10.2. The van der Waals surface area contributed by atoms with E-state index in [1.54, 1.807) is 12.1 Å². The zero-order valence-electron chi connectivity index (χ0n) is 11.2. The van der Waals surface area contributed by atoms with E-state index in [9.17, 15) is 4.79 Å². The van der Waals surface area contributed by atoms with Crippen LogP contribution in [0.3, 0.4) is 0 Å². The van der Waals surface area contributed by atoms with E-state index in [2.05, 4.69) is 25.8 Å². The molecule has 0 aliphatic rings. The molecule has 110 valence electrons. The summed E-state index contributed by atoms with van der Waals surface area (Å²) in [7, 11) is 0. The molecule has 21 heavy (non-hydrogen) atoms. The average Bonchev–Trinajstić information content (AvgIpc) is 2.47. The average molecular weight is 326 g/mol. The molecule has 2 aromatic rings. The van der Waals surface area contributed by atoms with Crippen molar-refractivity contribution in [2.24, 2.45) is 0 Å². The third kappa shape index (κ3) is 4.54. The predicted molar refractivity (Wildman–Crippen MR) is 81.8 cm³/mol. The van der Waals surface area contributed by atoms with Gasteiger partial charge in [-0.15, -0.1) is 10.2 Å². The molecule has 0 atom stereocenters. The van der Waals surface area contributed by atoms with E-state index < -0.39 is 0 Å². The molecule has 2 rings (SSSR count). The van der Waals surface area contributed by atoms with Crippen LogP contribution in [0.2, 0.25) is 10.4 Å². The van der Waals surface area contributed by atoms with Crippen LogP contribution in [0.5, 0.6) is 0 Å². The summed E-state index contributed by atoms with van der Waals surface area (Å²) >= 11 is 11.4. The highest BCUT2D eigenvalue weighted by Gasteiger charge is 2.06. The van der Waals surface area contributed by atoms with E-state index in [-0.39, 0.29) is 16.3 Å². The number of benzene rings is 1. The molecule has 0 radical (unpaired) electrons. The molecule has 6 nitrogen and oxygen atoms in total. The maximum Gasteiger partial charge on any atom is 0.251 e. The minimum atomic E-state index is -0.137. The number of halogens is 2. The highest BCUT2D eigenvalue weighted by atomic mass is 35.5. The van der Waals surface area contributed by atoms with Crippen molar-refractivity contribution in [3.05, 3.63) is 45.8 Å². The lowest BCUT2D eigenvalue weighted by molar-refractivity contribution is 0.0955. The second kappa shape index (κ2) is 7.19. The number of aryl methyl sites for hydroxylation is 1. The van der Waals surface area contributed by atoms with Gasteiger partial charge in [0.15, 0.2) is 11.0 Å². The lowest BCUT2D eigenvalue weighted by Crippen LogP contribution is -2.29. The van der Waals surface area contributed by atoms with Crippen LogP contribution >= 0.6 is 23.2 Å². The van der Waals surface area contributed by atoms with Gasteiger partial charge in [0, 0.05) is 18.7 Å². The fourth-order valence-electron chi connectivity index (χ4n) is 1.57. The Labute approximate surface area is 131 Å². The number of aromatic nitrogens is 3. The summed E-state index contributed by atoms with van der Waals surface area (Å²) in [5.41, 5.74) is 1.72. The molecule has 0 spiro atoms. The van der Waals surface area contributed by atoms with Crippen LogP contribution in [0.25, 0.3) is 0 Å². The quantitative estimate of drug-likeness (QED) is 0.825. The standard InChI is InChI=1S/C13H13Cl2N5O/c1-8-2-4-9(5-3-8)12(21)17-7-6-16-11-10(14)19-20-13(15)18-11/h2-5H,6-7H2,1H3,(H,17,21)(H,16,18,20). The molecule has 8 heteroatoms. The Balaban J connectivity index is 1.80. The maximum atomic E-state index is 11.9. The van der Waals surface area contributed by atoms with Crippen LogP contribution in [0.1, 0.15) is 15.9 Å². The topological polar surface area (TPSA) is 79.8 Å². The predicted octanol–water partition coefficient (Wildman–Crippen LogP) is 2.33. The molecule has 0 saturated heterocycles. The van der Waals surface area contributed by atoms with Crippen molar-refractivity contribution in [1.29, 1.82) is 0 Å². The highest BCUT2D eigenvalue weighted by Crippen LogP contribution is 2.15. The van der Waals surface area contributed by atoms with Gasteiger partial charge in [0.05, 0.1) is 0 Å². The minimum Gasteiger partial charge on any atom is -0.366 e. The number of hydrogen-bond acceptors (Lipinski definition) is 5. The minimum absolute atomic E-state index is 0.00518. The monoisotopic (exact) mass is 325 g/mol. The van der Waals surface area contributed by atoms with Crippen molar-refractivity contribution in [2.75, 3.05) is 18.4 Å². The van der Waals surface area contributed by atoms with E-state index in [0.717, 1.165) is 5.56 Å². The first kappa shape index (κ1) is 15.5. The van der Waals surface area contributed by atoms with Crippen molar-refractivity contribution in [1.82, 2.24) is 20.5 Å². The third-order valence-corrected chi connectivity index (χ3v) is 3.05. The summed E-state index contributed by atoms with van der Waals surface area (Å²) in [6.45, 7) is 2.81. The van der Waals surface area contributed by atoms with Gasteiger partial charge in [0.1, 0.15) is 0 Å². The molecule has 1 aromatic carbocycles. The van der Waals surface area contributed by atoms with Crippen molar-refractivity contribution in [2.45, 2.75) is 6.92 Å². The smallest absolute Gasteiger partial charge is 0.251 e. The molecule has 0 unspecified atom stereocenters. The van der Waals surface area contributed by atoms with Gasteiger partial charge in [-0.2, -0.15) is 4.98 Å². The van der Waals surface area contributed by atoms with E-state index in [0.29, 0.717) is 24.5 Å². The summed E-state index contributed by atoms with van der Waals surface area (Å²) in [6.07, 6.45) is 0. The van der Waals surface area contributed by atoms with Crippen LogP contribution < -0.4 is 10.6 Å². The SMILES string of the molecule is Cc1ccc(C(=O)NCCNc2nc(Cl)nnc2Cl)cc1. The molecule has 0 fully saturated rings. The Morgan fingerprint density at radius 1 is 1.14 bits per heavy atom. The highest BCUT2D eigenvalue weighted by molar-refractivity contribution is 6.32. The molecule has 1 aromatic heterocycles. The van der Waals surface area contributed by atoms with Gasteiger partial charge < -0.3 is 10.6 Å². The second-order valence-electron chi connectivity index (χ2n) is 4.27. The number of nitrogens with one attached hydrogen (secondary N) is 2. The van der Waals surface area contributed by atoms with Gasteiger partial charge in [-0.05, 0) is 30.7 Å². The van der Waals surface area contributed by atoms with Crippen molar-refractivity contribution in [3.63, 3.8) is 0 Å². The number of hydrogen-bond donors (Lipinski definition) is 2. The number of nitrogens with zero attached hydrogens (tertiary/aromatic N) is 3. The van der Waals surface area contributed by atoms with E-state index >= 15 is 0 Å². The van der Waals surface area contributed by atoms with Crippen LogP contribution in [0, 0.1) is 6.92 Å². The molecule has 0 bridgehead atoms. The lowest BCUT2D eigenvalue weighted by atomic mass is 10.1. The Kier molecular flexibility index (Phi) is 5.30. The summed E-state index contributed by atoms with van der Waals surface area (Å²) in [5.74, 6) is 0.197. The first-order valence-corrected chi connectivity index (χ1v) is 6.96. The molecule has 1 heterocycles. The molecule has 1 amide bonds. The van der Waals surface area contributed by atoms with Gasteiger partial charge in [-0.3, -0.25) is 4.79 Å². The van der Waals surface area contributed by atoms with Crippen LogP contribution in [0.15, 0.2) is 24.3 Å². The Bertz CT molecular complexity index is 633. The number of amides is 1. The molecule has 0 saturated carbocycles. The Morgan fingerprint density at radius 3 is 2.57 bits per heavy atom. The summed E-state index contributed by atoms with van der Waals surface area (Å²) < 4.78 is 0. The van der Waals surface area contributed by atoms with Crippen LogP contribution in [-0.4, -0.2) is 34.2 Å². The van der Waals surface area contributed by atoms with Crippen molar-refractivity contribution < 1.29 is 4.79 Å². The lowest BCUT2D eigenvalue weighted by Gasteiger charge is -2.08. The van der Waals surface area contributed by atoms with Gasteiger partial charge in [0.25, 0.3) is 5.91 Å². The number of rotatable bonds is 5. The zero-order valence-corrected chi connectivity index (χ0v) is 12.7. The molecule has 0 aliphatic heterocycles.